The van der Waals surface area contributed by atoms with Crippen LogP contribution in [-0.4, -0.2) is 41.6 Å². The van der Waals surface area contributed by atoms with Crippen LogP contribution in [0.2, 0.25) is 0 Å². The maximum absolute atomic E-state index is 11.5. The number of benzene rings is 1. The van der Waals surface area contributed by atoms with Gasteiger partial charge in [0.1, 0.15) is 0 Å². The summed E-state index contributed by atoms with van der Waals surface area (Å²) in [6.45, 7) is 5.86. The molecule has 1 aromatic carbocycles. The second kappa shape index (κ2) is 8.32. The van der Waals surface area contributed by atoms with Crippen molar-refractivity contribution in [1.29, 1.82) is 0 Å². The molecule has 0 aliphatic rings. The van der Waals surface area contributed by atoms with Crippen LogP contribution in [0.5, 0.6) is 0 Å². The van der Waals surface area contributed by atoms with Gasteiger partial charge in [0.05, 0.1) is 18.7 Å². The second-order valence-electron chi connectivity index (χ2n) is 4.52. The van der Waals surface area contributed by atoms with Crippen LogP contribution in [0.25, 0.3) is 0 Å². The van der Waals surface area contributed by atoms with E-state index in [4.69, 9.17) is 9.84 Å². The van der Waals surface area contributed by atoms with Crippen molar-refractivity contribution >= 4 is 11.9 Å². The molecule has 1 aromatic rings. The zero-order chi connectivity index (χ0) is 15.0. The van der Waals surface area contributed by atoms with Gasteiger partial charge in [0, 0.05) is 6.54 Å². The van der Waals surface area contributed by atoms with Gasteiger partial charge in [0.2, 0.25) is 0 Å². The molecule has 0 heterocycles. The van der Waals surface area contributed by atoms with Gasteiger partial charge in [-0.05, 0) is 37.6 Å². The quantitative estimate of drug-likeness (QED) is 0.739. The third-order valence-corrected chi connectivity index (χ3v) is 2.80. The van der Waals surface area contributed by atoms with Gasteiger partial charge in [0.25, 0.3) is 0 Å². The fourth-order valence-corrected chi connectivity index (χ4v) is 1.93. The zero-order valence-corrected chi connectivity index (χ0v) is 12.0. The SMILES string of the molecule is CCCN(CC(=O)OCC)Cc1ccc(C(=O)O)cc1. The summed E-state index contributed by atoms with van der Waals surface area (Å²) in [5.74, 6) is -1.17. The van der Waals surface area contributed by atoms with Gasteiger partial charge in [-0.25, -0.2) is 4.79 Å². The average molecular weight is 279 g/mol. The molecule has 110 valence electrons. The van der Waals surface area contributed by atoms with Crippen molar-refractivity contribution in [2.45, 2.75) is 26.8 Å². The number of ether oxygens (including phenoxy) is 1. The summed E-state index contributed by atoms with van der Waals surface area (Å²) in [4.78, 5) is 24.3. The third kappa shape index (κ3) is 5.40. The van der Waals surface area contributed by atoms with E-state index in [1.807, 2.05) is 11.8 Å². The molecule has 20 heavy (non-hydrogen) atoms. The fourth-order valence-electron chi connectivity index (χ4n) is 1.93. The Balaban J connectivity index is 2.64. The Labute approximate surface area is 119 Å². The summed E-state index contributed by atoms with van der Waals surface area (Å²) in [6, 6.07) is 6.70. The molecule has 0 amide bonds. The minimum Gasteiger partial charge on any atom is -0.478 e. The smallest absolute Gasteiger partial charge is 0.335 e. The molecule has 0 saturated heterocycles. The first-order valence-electron chi connectivity index (χ1n) is 6.77. The van der Waals surface area contributed by atoms with Crippen LogP contribution in [0.1, 0.15) is 36.2 Å². The monoisotopic (exact) mass is 279 g/mol. The van der Waals surface area contributed by atoms with Gasteiger partial charge in [-0.3, -0.25) is 9.69 Å². The minimum atomic E-state index is -0.937. The molecule has 0 aliphatic carbocycles. The number of esters is 1. The summed E-state index contributed by atoms with van der Waals surface area (Å²) < 4.78 is 4.95. The van der Waals surface area contributed by atoms with Crippen LogP contribution < -0.4 is 0 Å². The Morgan fingerprint density at radius 2 is 1.85 bits per heavy atom. The van der Waals surface area contributed by atoms with Crippen LogP contribution in [0.3, 0.4) is 0 Å². The largest absolute Gasteiger partial charge is 0.478 e. The summed E-state index contributed by atoms with van der Waals surface area (Å²) in [6.07, 6.45) is 0.937. The van der Waals surface area contributed by atoms with Crippen LogP contribution >= 0.6 is 0 Å². The van der Waals surface area contributed by atoms with Gasteiger partial charge in [-0.2, -0.15) is 0 Å². The van der Waals surface area contributed by atoms with E-state index in [-0.39, 0.29) is 18.1 Å². The zero-order valence-electron chi connectivity index (χ0n) is 12.0. The Morgan fingerprint density at radius 3 is 2.35 bits per heavy atom. The second-order valence-corrected chi connectivity index (χ2v) is 4.52. The van der Waals surface area contributed by atoms with E-state index in [1.54, 1.807) is 31.2 Å². The van der Waals surface area contributed by atoms with Crippen LogP contribution in [0.4, 0.5) is 0 Å². The number of hydrogen-bond acceptors (Lipinski definition) is 4. The molecule has 5 heteroatoms. The Hall–Kier alpha value is -1.88. The highest BCUT2D eigenvalue weighted by atomic mass is 16.5. The van der Waals surface area contributed by atoms with Gasteiger partial charge >= 0.3 is 11.9 Å². The van der Waals surface area contributed by atoms with Crippen molar-refractivity contribution in [2.75, 3.05) is 19.7 Å². The molecule has 0 aromatic heterocycles. The number of carboxylic acid groups (broad SMARTS) is 1. The van der Waals surface area contributed by atoms with Crippen LogP contribution in [0.15, 0.2) is 24.3 Å². The van der Waals surface area contributed by atoms with Gasteiger partial charge < -0.3 is 9.84 Å². The predicted molar refractivity (Wildman–Crippen MR) is 75.6 cm³/mol. The number of carbonyl (C=O) groups excluding carboxylic acids is 1. The van der Waals surface area contributed by atoms with Gasteiger partial charge in [0.15, 0.2) is 0 Å². The molecule has 0 aliphatic heterocycles. The van der Waals surface area contributed by atoms with Crippen molar-refractivity contribution in [3.8, 4) is 0 Å². The number of hydrogen-bond donors (Lipinski definition) is 1. The summed E-state index contributed by atoms with van der Waals surface area (Å²) >= 11 is 0. The first-order chi connectivity index (χ1) is 9.56. The van der Waals surface area contributed by atoms with Crippen LogP contribution in [-0.2, 0) is 16.1 Å². The van der Waals surface area contributed by atoms with E-state index in [2.05, 4.69) is 0 Å². The molecule has 0 saturated carbocycles. The van der Waals surface area contributed by atoms with Crippen molar-refractivity contribution in [2.24, 2.45) is 0 Å². The molecule has 0 spiro atoms. The van der Waals surface area contributed by atoms with Gasteiger partial charge in [-0.15, -0.1) is 0 Å². The molecule has 0 radical (unpaired) electrons. The van der Waals surface area contributed by atoms with E-state index >= 15 is 0 Å². The Bertz CT molecular complexity index is 442. The van der Waals surface area contributed by atoms with E-state index < -0.39 is 5.97 Å². The number of rotatable bonds is 8. The minimum absolute atomic E-state index is 0.233. The maximum atomic E-state index is 11.5. The lowest BCUT2D eigenvalue weighted by Crippen LogP contribution is -2.31. The predicted octanol–water partition coefficient (Wildman–Crippen LogP) is 2.16. The molecule has 0 bridgehead atoms. The molecule has 0 atom stereocenters. The highest BCUT2D eigenvalue weighted by Gasteiger charge is 2.11. The summed E-state index contributed by atoms with van der Waals surface area (Å²) in [5, 5.41) is 8.85. The molecule has 1 N–H and O–H groups in total. The molecule has 0 unspecified atom stereocenters. The van der Waals surface area contributed by atoms with Crippen molar-refractivity contribution < 1.29 is 19.4 Å². The molecule has 5 nitrogen and oxygen atoms in total. The number of carboxylic acids is 1. The van der Waals surface area contributed by atoms with E-state index in [1.165, 1.54) is 0 Å². The van der Waals surface area contributed by atoms with E-state index in [0.717, 1.165) is 18.5 Å². The van der Waals surface area contributed by atoms with Crippen molar-refractivity contribution in [1.82, 2.24) is 4.90 Å². The fraction of sp³-hybridized carbons (Fsp3) is 0.467. The Morgan fingerprint density at radius 1 is 1.20 bits per heavy atom. The molecule has 1 rings (SSSR count). The lowest BCUT2D eigenvalue weighted by molar-refractivity contribution is -0.144. The normalized spacial score (nSPS) is 10.6. The molecular weight excluding hydrogens is 258 g/mol. The van der Waals surface area contributed by atoms with Crippen molar-refractivity contribution in [3.05, 3.63) is 35.4 Å². The highest BCUT2D eigenvalue weighted by Crippen LogP contribution is 2.08. The summed E-state index contributed by atoms with van der Waals surface area (Å²) in [7, 11) is 0. The van der Waals surface area contributed by atoms with E-state index in [0.29, 0.717) is 13.2 Å². The number of carbonyl (C=O) groups is 2. The average Bonchev–Trinajstić information content (AvgIpc) is 2.39. The van der Waals surface area contributed by atoms with E-state index in [9.17, 15) is 9.59 Å². The standard InChI is InChI=1S/C15H21NO4/c1-3-9-16(11-14(17)20-4-2)10-12-5-7-13(8-6-12)15(18)19/h5-8H,3-4,9-11H2,1-2H3,(H,18,19). The maximum Gasteiger partial charge on any atom is 0.335 e. The number of aromatic carboxylic acids is 1. The Kier molecular flexibility index (Phi) is 6.73. The topological polar surface area (TPSA) is 66.8 Å². The van der Waals surface area contributed by atoms with Crippen LogP contribution in [0, 0.1) is 0 Å². The summed E-state index contributed by atoms with van der Waals surface area (Å²) in [5.41, 5.74) is 1.24. The highest BCUT2D eigenvalue weighted by molar-refractivity contribution is 5.87. The first-order valence-corrected chi connectivity index (χ1v) is 6.77. The lowest BCUT2D eigenvalue weighted by Gasteiger charge is -2.20. The van der Waals surface area contributed by atoms with Gasteiger partial charge in [-0.1, -0.05) is 19.1 Å². The first kappa shape index (κ1) is 16.2. The third-order valence-electron chi connectivity index (χ3n) is 2.80. The van der Waals surface area contributed by atoms with Crippen molar-refractivity contribution in [3.63, 3.8) is 0 Å². The molecular formula is C15H21NO4. The number of nitrogens with zero attached hydrogens (tertiary/aromatic N) is 1. The lowest BCUT2D eigenvalue weighted by atomic mass is 10.1. The molecule has 0 fully saturated rings.